The number of hydrogen-bond donors (Lipinski definition) is 2. The zero-order chi connectivity index (χ0) is 18.8. The summed E-state index contributed by atoms with van der Waals surface area (Å²) in [6, 6.07) is 8.06. The molecule has 0 unspecified atom stereocenters. The highest BCUT2D eigenvalue weighted by Crippen LogP contribution is 2.24. The number of amides is 2. The number of fused-ring (bicyclic) bond motifs is 1. The summed E-state index contributed by atoms with van der Waals surface area (Å²) >= 11 is 0. The van der Waals surface area contributed by atoms with Gasteiger partial charge < -0.3 is 15.6 Å². The van der Waals surface area contributed by atoms with Crippen molar-refractivity contribution in [3.05, 3.63) is 30.1 Å². The van der Waals surface area contributed by atoms with Gasteiger partial charge >= 0.3 is 0 Å². The summed E-state index contributed by atoms with van der Waals surface area (Å²) in [5.41, 5.74) is 7.44. The minimum Gasteiger partial charge on any atom is -0.369 e. The van der Waals surface area contributed by atoms with E-state index in [2.05, 4.69) is 14.9 Å². The fraction of sp³-hybridized carbons (Fsp3) is 0.550. The number of aromatic nitrogens is 2. The lowest BCUT2D eigenvalue weighted by Gasteiger charge is -2.36. The number of piperidine rings is 2. The maximum absolute atomic E-state index is 12.8. The van der Waals surface area contributed by atoms with Crippen LogP contribution in [0.3, 0.4) is 0 Å². The van der Waals surface area contributed by atoms with Gasteiger partial charge in [0.05, 0.1) is 17.6 Å². The number of hydrogen-bond acceptors (Lipinski definition) is 4. The molecular formula is C20H27N5O2. The average Bonchev–Trinajstić information content (AvgIpc) is 3.10. The number of carbonyl (C=O) groups is 2. The predicted octanol–water partition coefficient (Wildman–Crippen LogP) is 1.50. The molecule has 0 saturated carbocycles. The van der Waals surface area contributed by atoms with E-state index in [0.29, 0.717) is 25.9 Å². The van der Waals surface area contributed by atoms with E-state index < -0.39 is 0 Å². The Balaban J connectivity index is 1.27. The molecule has 2 saturated heterocycles. The molecule has 1 aromatic carbocycles. The van der Waals surface area contributed by atoms with Crippen molar-refractivity contribution in [3.8, 4) is 0 Å². The average molecular weight is 369 g/mol. The first kappa shape index (κ1) is 18.0. The van der Waals surface area contributed by atoms with Crippen molar-refractivity contribution in [2.75, 3.05) is 26.2 Å². The van der Waals surface area contributed by atoms with Crippen LogP contribution in [-0.4, -0.2) is 57.8 Å². The number of nitrogens with one attached hydrogen (secondary N) is 1. The Morgan fingerprint density at radius 1 is 1.04 bits per heavy atom. The summed E-state index contributed by atoms with van der Waals surface area (Å²) in [6.07, 6.45) is 3.17. The van der Waals surface area contributed by atoms with Gasteiger partial charge in [-0.3, -0.25) is 14.5 Å². The van der Waals surface area contributed by atoms with Crippen LogP contribution in [0.4, 0.5) is 0 Å². The topological polar surface area (TPSA) is 95.3 Å². The highest BCUT2D eigenvalue weighted by molar-refractivity contribution is 5.80. The molecule has 4 rings (SSSR count). The lowest BCUT2D eigenvalue weighted by Crippen LogP contribution is -2.46. The van der Waals surface area contributed by atoms with E-state index in [1.54, 1.807) is 0 Å². The van der Waals surface area contributed by atoms with E-state index in [1.165, 1.54) is 0 Å². The lowest BCUT2D eigenvalue weighted by atomic mass is 9.92. The highest BCUT2D eigenvalue weighted by Gasteiger charge is 2.32. The van der Waals surface area contributed by atoms with E-state index in [0.717, 1.165) is 49.3 Å². The number of H-pyrrole nitrogens is 1. The van der Waals surface area contributed by atoms with Crippen LogP contribution in [-0.2, 0) is 16.1 Å². The van der Waals surface area contributed by atoms with Crippen LogP contribution in [0, 0.1) is 11.8 Å². The molecular weight excluding hydrogens is 342 g/mol. The number of nitrogens with two attached hydrogens (primary N) is 1. The number of primary amides is 1. The van der Waals surface area contributed by atoms with Crippen LogP contribution in [0.1, 0.15) is 31.5 Å². The Bertz CT molecular complexity index is 784. The maximum atomic E-state index is 12.8. The fourth-order valence-corrected chi connectivity index (χ4v) is 4.27. The van der Waals surface area contributed by atoms with E-state index in [4.69, 9.17) is 5.73 Å². The standard InChI is InChI=1S/C20H27N5O2/c21-19(26)14-7-11-25(12-8-14)20(27)15-5-9-24(10-6-15)13-18-22-16-3-1-2-4-17(16)23-18/h1-4,14-15H,5-13H2,(H2,21,26)(H,22,23). The zero-order valence-electron chi connectivity index (χ0n) is 15.6. The quantitative estimate of drug-likeness (QED) is 0.854. The van der Waals surface area contributed by atoms with Crippen LogP contribution >= 0.6 is 0 Å². The van der Waals surface area contributed by atoms with Gasteiger partial charge in [0, 0.05) is 24.9 Å². The molecule has 2 fully saturated rings. The summed E-state index contributed by atoms with van der Waals surface area (Å²) in [5, 5.41) is 0. The summed E-state index contributed by atoms with van der Waals surface area (Å²) in [7, 11) is 0. The second-order valence-electron chi connectivity index (χ2n) is 7.75. The van der Waals surface area contributed by atoms with Crippen molar-refractivity contribution in [2.24, 2.45) is 17.6 Å². The predicted molar refractivity (Wildman–Crippen MR) is 103 cm³/mol. The molecule has 1 aromatic heterocycles. The molecule has 0 radical (unpaired) electrons. The molecule has 0 spiro atoms. The first-order valence-electron chi connectivity index (χ1n) is 9.84. The Labute approximate surface area is 158 Å². The summed E-state index contributed by atoms with van der Waals surface area (Å²) < 4.78 is 0. The molecule has 2 aliphatic heterocycles. The van der Waals surface area contributed by atoms with Gasteiger partial charge in [0.1, 0.15) is 5.82 Å². The lowest BCUT2D eigenvalue weighted by molar-refractivity contribution is -0.140. The Kier molecular flexibility index (Phi) is 5.11. The summed E-state index contributed by atoms with van der Waals surface area (Å²) in [6.45, 7) is 3.92. The second-order valence-corrected chi connectivity index (χ2v) is 7.75. The van der Waals surface area contributed by atoms with Crippen molar-refractivity contribution < 1.29 is 9.59 Å². The minimum atomic E-state index is -0.235. The number of aromatic amines is 1. The molecule has 0 bridgehead atoms. The number of nitrogens with zero attached hydrogens (tertiary/aromatic N) is 3. The number of imidazole rings is 1. The van der Waals surface area contributed by atoms with Crippen LogP contribution in [0.25, 0.3) is 11.0 Å². The molecule has 27 heavy (non-hydrogen) atoms. The molecule has 3 N–H and O–H groups in total. The van der Waals surface area contributed by atoms with Gasteiger partial charge in [-0.2, -0.15) is 0 Å². The van der Waals surface area contributed by atoms with E-state index in [9.17, 15) is 9.59 Å². The largest absolute Gasteiger partial charge is 0.369 e. The van der Waals surface area contributed by atoms with Gasteiger partial charge in [-0.1, -0.05) is 12.1 Å². The SMILES string of the molecule is NC(=O)C1CCN(C(=O)C2CCN(Cc3nc4ccccc4[nH]3)CC2)CC1. The highest BCUT2D eigenvalue weighted by atomic mass is 16.2. The van der Waals surface area contributed by atoms with Crippen LogP contribution in [0.15, 0.2) is 24.3 Å². The molecule has 2 aliphatic rings. The van der Waals surface area contributed by atoms with E-state index in [-0.39, 0.29) is 23.7 Å². The number of rotatable bonds is 4. The molecule has 7 heteroatoms. The number of likely N-dealkylation sites (tertiary alicyclic amines) is 2. The first-order chi connectivity index (χ1) is 13.1. The third-order valence-electron chi connectivity index (χ3n) is 5.96. The summed E-state index contributed by atoms with van der Waals surface area (Å²) in [5.74, 6) is 1.03. The molecule has 7 nitrogen and oxygen atoms in total. The molecule has 0 aliphatic carbocycles. The third-order valence-corrected chi connectivity index (χ3v) is 5.96. The van der Waals surface area contributed by atoms with Gasteiger partial charge in [0.15, 0.2) is 0 Å². The van der Waals surface area contributed by atoms with E-state index in [1.807, 2.05) is 29.2 Å². The monoisotopic (exact) mass is 369 g/mol. The van der Waals surface area contributed by atoms with Crippen LogP contribution in [0.5, 0.6) is 0 Å². The van der Waals surface area contributed by atoms with Crippen LogP contribution < -0.4 is 5.73 Å². The number of carbonyl (C=O) groups excluding carboxylic acids is 2. The van der Waals surface area contributed by atoms with Crippen molar-refractivity contribution >= 4 is 22.8 Å². The van der Waals surface area contributed by atoms with Crippen molar-refractivity contribution in [2.45, 2.75) is 32.2 Å². The minimum absolute atomic E-state index is 0.0697. The van der Waals surface area contributed by atoms with Gasteiger partial charge in [-0.25, -0.2) is 4.98 Å². The molecule has 144 valence electrons. The molecule has 2 amide bonds. The second kappa shape index (κ2) is 7.68. The molecule has 2 aromatic rings. The molecule has 0 atom stereocenters. The van der Waals surface area contributed by atoms with Crippen LogP contribution in [0.2, 0.25) is 0 Å². The summed E-state index contributed by atoms with van der Waals surface area (Å²) in [4.78, 5) is 36.4. The van der Waals surface area contributed by atoms with Crippen molar-refractivity contribution in [3.63, 3.8) is 0 Å². The number of benzene rings is 1. The Morgan fingerprint density at radius 2 is 1.70 bits per heavy atom. The van der Waals surface area contributed by atoms with Gasteiger partial charge in [0.2, 0.25) is 11.8 Å². The maximum Gasteiger partial charge on any atom is 0.225 e. The van der Waals surface area contributed by atoms with E-state index >= 15 is 0 Å². The van der Waals surface area contributed by atoms with Gasteiger partial charge in [-0.05, 0) is 50.9 Å². The Morgan fingerprint density at radius 3 is 2.37 bits per heavy atom. The normalized spacial score (nSPS) is 20.2. The zero-order valence-corrected chi connectivity index (χ0v) is 15.6. The smallest absolute Gasteiger partial charge is 0.225 e. The first-order valence-corrected chi connectivity index (χ1v) is 9.84. The third kappa shape index (κ3) is 3.98. The Hall–Kier alpha value is -2.41. The van der Waals surface area contributed by atoms with Crippen molar-refractivity contribution in [1.82, 2.24) is 19.8 Å². The van der Waals surface area contributed by atoms with Gasteiger partial charge in [-0.15, -0.1) is 0 Å². The fourth-order valence-electron chi connectivity index (χ4n) is 4.27. The molecule has 3 heterocycles. The van der Waals surface area contributed by atoms with Crippen molar-refractivity contribution in [1.29, 1.82) is 0 Å². The van der Waals surface area contributed by atoms with Gasteiger partial charge in [0.25, 0.3) is 0 Å². The number of para-hydroxylation sites is 2.